The van der Waals surface area contributed by atoms with Crippen LogP contribution < -0.4 is 5.73 Å². The van der Waals surface area contributed by atoms with Gasteiger partial charge in [0.05, 0.1) is 0 Å². The van der Waals surface area contributed by atoms with E-state index in [9.17, 15) is 4.79 Å². The maximum Gasteiger partial charge on any atom is 0.225 e. The second-order valence-electron chi connectivity index (χ2n) is 8.09. The highest BCUT2D eigenvalue weighted by molar-refractivity contribution is 5.79. The Hall–Kier alpha value is -0.570. The summed E-state index contributed by atoms with van der Waals surface area (Å²) in [5, 5.41) is 0. The molecule has 0 bridgehead atoms. The topological polar surface area (TPSA) is 46.3 Å². The normalized spacial score (nSPS) is 35.4. The van der Waals surface area contributed by atoms with Crippen molar-refractivity contribution >= 4 is 5.91 Å². The van der Waals surface area contributed by atoms with Crippen LogP contribution in [0.4, 0.5) is 0 Å². The maximum atomic E-state index is 12.7. The van der Waals surface area contributed by atoms with Crippen LogP contribution in [-0.2, 0) is 4.79 Å². The van der Waals surface area contributed by atoms with Gasteiger partial charge < -0.3 is 10.6 Å². The predicted octanol–water partition coefficient (Wildman–Crippen LogP) is 3.03. The Morgan fingerprint density at radius 3 is 2.25 bits per heavy atom. The number of hydrogen-bond acceptors (Lipinski definition) is 2. The molecule has 116 valence electrons. The number of carbonyl (C=O) groups excluding carboxylic acids is 1. The molecule has 0 spiro atoms. The van der Waals surface area contributed by atoms with E-state index in [1.54, 1.807) is 0 Å². The third-order valence-electron chi connectivity index (χ3n) is 5.58. The fraction of sp³-hybridized carbons (Fsp3) is 0.941. The zero-order valence-electron chi connectivity index (χ0n) is 13.7. The molecule has 1 heterocycles. The Morgan fingerprint density at radius 2 is 1.80 bits per heavy atom. The molecule has 0 radical (unpaired) electrons. The van der Waals surface area contributed by atoms with E-state index < -0.39 is 0 Å². The zero-order chi connectivity index (χ0) is 14.9. The third kappa shape index (κ3) is 3.36. The van der Waals surface area contributed by atoms with Gasteiger partial charge in [-0.15, -0.1) is 0 Å². The van der Waals surface area contributed by atoms with E-state index in [0.717, 1.165) is 31.7 Å². The molecule has 3 nitrogen and oxygen atoms in total. The van der Waals surface area contributed by atoms with Gasteiger partial charge in [0, 0.05) is 18.5 Å². The number of carbonyl (C=O) groups is 1. The van der Waals surface area contributed by atoms with Crippen LogP contribution in [0.1, 0.15) is 59.8 Å². The van der Waals surface area contributed by atoms with Crippen LogP contribution in [0.15, 0.2) is 0 Å². The number of hydrogen-bond donors (Lipinski definition) is 1. The van der Waals surface area contributed by atoms with E-state index >= 15 is 0 Å². The Labute approximate surface area is 124 Å². The molecule has 1 saturated heterocycles. The van der Waals surface area contributed by atoms with Crippen molar-refractivity contribution in [2.75, 3.05) is 13.1 Å². The van der Waals surface area contributed by atoms with Crippen LogP contribution in [0.5, 0.6) is 0 Å². The largest absolute Gasteiger partial charge is 0.339 e. The van der Waals surface area contributed by atoms with Crippen LogP contribution in [0, 0.1) is 23.2 Å². The minimum Gasteiger partial charge on any atom is -0.339 e. The Kier molecular flexibility index (Phi) is 4.78. The molecule has 2 atom stereocenters. The first-order valence-electron chi connectivity index (χ1n) is 8.33. The molecule has 3 heteroatoms. The quantitative estimate of drug-likeness (QED) is 0.845. The Bertz CT molecular complexity index is 339. The maximum absolute atomic E-state index is 12.7. The van der Waals surface area contributed by atoms with E-state index in [0.29, 0.717) is 29.8 Å². The molecule has 2 unspecified atom stereocenters. The molecular weight excluding hydrogens is 248 g/mol. The molecule has 0 aromatic heterocycles. The van der Waals surface area contributed by atoms with Gasteiger partial charge in [-0.05, 0) is 62.8 Å². The number of amides is 1. The summed E-state index contributed by atoms with van der Waals surface area (Å²) >= 11 is 0. The average Bonchev–Trinajstić information content (AvgIpc) is 2.78. The minimum absolute atomic E-state index is 0.271. The van der Waals surface area contributed by atoms with Crippen molar-refractivity contribution < 1.29 is 4.79 Å². The number of nitrogens with zero attached hydrogens (tertiary/aromatic N) is 1. The molecule has 2 rings (SSSR count). The zero-order valence-corrected chi connectivity index (χ0v) is 13.7. The summed E-state index contributed by atoms with van der Waals surface area (Å²) in [7, 11) is 0. The molecule has 1 amide bonds. The molecule has 0 aromatic rings. The first-order valence-corrected chi connectivity index (χ1v) is 8.33. The second-order valence-corrected chi connectivity index (χ2v) is 8.09. The monoisotopic (exact) mass is 280 g/mol. The van der Waals surface area contributed by atoms with Crippen molar-refractivity contribution in [1.29, 1.82) is 0 Å². The van der Waals surface area contributed by atoms with E-state index in [1.807, 2.05) is 0 Å². The Morgan fingerprint density at radius 1 is 1.20 bits per heavy atom. The lowest BCUT2D eigenvalue weighted by Crippen LogP contribution is -2.41. The number of nitrogens with two attached hydrogens (primary N) is 1. The highest BCUT2D eigenvalue weighted by Crippen LogP contribution is 2.40. The lowest BCUT2D eigenvalue weighted by atomic mass is 9.69. The molecule has 1 aliphatic carbocycles. The van der Waals surface area contributed by atoms with Gasteiger partial charge in [0.2, 0.25) is 5.91 Å². The first kappa shape index (κ1) is 15.8. The van der Waals surface area contributed by atoms with Crippen molar-refractivity contribution in [1.82, 2.24) is 4.90 Å². The third-order valence-corrected chi connectivity index (χ3v) is 5.58. The van der Waals surface area contributed by atoms with Crippen molar-refractivity contribution in [3.63, 3.8) is 0 Å². The highest BCUT2D eigenvalue weighted by atomic mass is 16.2. The van der Waals surface area contributed by atoms with Gasteiger partial charge in [0.15, 0.2) is 0 Å². The van der Waals surface area contributed by atoms with Gasteiger partial charge in [-0.3, -0.25) is 4.79 Å². The molecule has 1 saturated carbocycles. The van der Waals surface area contributed by atoms with Gasteiger partial charge in [0.1, 0.15) is 0 Å². The van der Waals surface area contributed by atoms with Crippen molar-refractivity contribution in [2.45, 2.75) is 65.8 Å². The van der Waals surface area contributed by atoms with Gasteiger partial charge in [-0.2, -0.15) is 0 Å². The van der Waals surface area contributed by atoms with Crippen molar-refractivity contribution in [3.05, 3.63) is 0 Å². The second kappa shape index (κ2) is 6.05. The van der Waals surface area contributed by atoms with E-state index in [1.165, 1.54) is 12.8 Å². The standard InChI is InChI=1S/C17H32N2O/c1-12-9-13(10-18)11-19(12)16(20)14-5-7-15(8-6-14)17(2,3)4/h12-15H,5-11,18H2,1-4H3. The fourth-order valence-electron chi connectivity index (χ4n) is 4.06. The molecule has 2 N–H and O–H groups in total. The van der Waals surface area contributed by atoms with Gasteiger partial charge in [-0.1, -0.05) is 20.8 Å². The van der Waals surface area contributed by atoms with Gasteiger partial charge in [-0.25, -0.2) is 0 Å². The van der Waals surface area contributed by atoms with Crippen LogP contribution in [0.2, 0.25) is 0 Å². The summed E-state index contributed by atoms with van der Waals surface area (Å²) in [5.74, 6) is 1.97. The summed E-state index contributed by atoms with van der Waals surface area (Å²) in [4.78, 5) is 14.8. The van der Waals surface area contributed by atoms with E-state index in [-0.39, 0.29) is 5.92 Å². The van der Waals surface area contributed by atoms with Gasteiger partial charge >= 0.3 is 0 Å². The molecule has 0 aromatic carbocycles. The number of rotatable bonds is 2. The molecular formula is C17H32N2O. The smallest absolute Gasteiger partial charge is 0.225 e. The van der Waals surface area contributed by atoms with E-state index in [2.05, 4.69) is 32.6 Å². The molecule has 1 aliphatic heterocycles. The summed E-state index contributed by atoms with van der Waals surface area (Å²) in [6.45, 7) is 10.8. The minimum atomic E-state index is 0.271. The Balaban J connectivity index is 1.89. The van der Waals surface area contributed by atoms with Crippen LogP contribution in [0.25, 0.3) is 0 Å². The first-order chi connectivity index (χ1) is 9.32. The summed E-state index contributed by atoms with van der Waals surface area (Å²) in [6, 6.07) is 0.386. The summed E-state index contributed by atoms with van der Waals surface area (Å²) < 4.78 is 0. The van der Waals surface area contributed by atoms with E-state index in [4.69, 9.17) is 5.73 Å². The lowest BCUT2D eigenvalue weighted by Gasteiger charge is -2.38. The van der Waals surface area contributed by atoms with Crippen LogP contribution in [-0.4, -0.2) is 29.9 Å². The highest BCUT2D eigenvalue weighted by Gasteiger charge is 2.38. The molecule has 2 fully saturated rings. The van der Waals surface area contributed by atoms with Crippen LogP contribution >= 0.6 is 0 Å². The number of likely N-dealkylation sites (tertiary alicyclic amines) is 1. The predicted molar refractivity (Wildman–Crippen MR) is 83.2 cm³/mol. The SMILES string of the molecule is CC1CC(CN)CN1C(=O)C1CCC(C(C)(C)C)CC1. The van der Waals surface area contributed by atoms with Crippen LogP contribution in [0.3, 0.4) is 0 Å². The summed E-state index contributed by atoms with van der Waals surface area (Å²) in [5.41, 5.74) is 6.15. The summed E-state index contributed by atoms with van der Waals surface area (Å²) in [6.07, 6.45) is 5.67. The van der Waals surface area contributed by atoms with Crippen molar-refractivity contribution in [3.8, 4) is 0 Å². The van der Waals surface area contributed by atoms with Crippen molar-refractivity contribution in [2.24, 2.45) is 28.9 Å². The lowest BCUT2D eigenvalue weighted by molar-refractivity contribution is -0.137. The average molecular weight is 280 g/mol. The molecule has 20 heavy (non-hydrogen) atoms. The van der Waals surface area contributed by atoms with Gasteiger partial charge in [0.25, 0.3) is 0 Å². The fourth-order valence-corrected chi connectivity index (χ4v) is 4.06. The molecule has 2 aliphatic rings.